The molecular weight excluding hydrogens is 303 g/mol. The lowest BCUT2D eigenvalue weighted by molar-refractivity contribution is 1.42. The van der Waals surface area contributed by atoms with E-state index >= 15 is 0 Å². The SMILES string of the molecule is [B]c1cc2cc(N=C(c3ccccc3)c3ccccc3)ccc2cn1. The number of hydrogen-bond donors (Lipinski definition) is 0. The third-order valence-corrected chi connectivity index (χ3v) is 4.06. The summed E-state index contributed by atoms with van der Waals surface area (Å²) in [4.78, 5) is 9.07. The van der Waals surface area contributed by atoms with E-state index in [-0.39, 0.29) is 0 Å². The summed E-state index contributed by atoms with van der Waals surface area (Å²) in [6.45, 7) is 0. The minimum absolute atomic E-state index is 0.514. The Morgan fingerprint density at radius 2 is 1.36 bits per heavy atom. The first kappa shape index (κ1) is 15.3. The van der Waals surface area contributed by atoms with Gasteiger partial charge < -0.3 is 0 Å². The Labute approximate surface area is 148 Å². The van der Waals surface area contributed by atoms with E-state index in [9.17, 15) is 0 Å². The second kappa shape index (κ2) is 6.74. The van der Waals surface area contributed by atoms with Crippen molar-refractivity contribution in [2.45, 2.75) is 0 Å². The van der Waals surface area contributed by atoms with Crippen molar-refractivity contribution in [3.63, 3.8) is 0 Å². The summed E-state index contributed by atoms with van der Waals surface area (Å²) in [5.74, 6) is 0. The van der Waals surface area contributed by atoms with Crippen molar-refractivity contribution in [3.05, 3.63) is 102 Å². The van der Waals surface area contributed by atoms with Crippen molar-refractivity contribution in [1.82, 2.24) is 4.98 Å². The zero-order valence-corrected chi connectivity index (χ0v) is 13.6. The molecule has 3 heteroatoms. The van der Waals surface area contributed by atoms with Crippen LogP contribution in [0.5, 0.6) is 0 Å². The molecule has 0 N–H and O–H groups in total. The maximum Gasteiger partial charge on any atom is 0.141 e. The molecule has 1 aromatic heterocycles. The van der Waals surface area contributed by atoms with Gasteiger partial charge in [-0.1, -0.05) is 66.7 Å². The summed E-state index contributed by atoms with van der Waals surface area (Å²) in [5, 5.41) is 2.09. The predicted molar refractivity (Wildman–Crippen MR) is 105 cm³/mol. The maximum absolute atomic E-state index is 5.81. The molecule has 2 nitrogen and oxygen atoms in total. The van der Waals surface area contributed by atoms with Gasteiger partial charge in [0, 0.05) is 22.7 Å². The fourth-order valence-corrected chi connectivity index (χ4v) is 2.83. The first-order valence-electron chi connectivity index (χ1n) is 8.14. The minimum atomic E-state index is 0.514. The maximum atomic E-state index is 5.81. The molecule has 4 rings (SSSR count). The van der Waals surface area contributed by atoms with E-state index in [0.29, 0.717) is 5.59 Å². The van der Waals surface area contributed by atoms with E-state index in [0.717, 1.165) is 33.3 Å². The van der Waals surface area contributed by atoms with Crippen molar-refractivity contribution in [3.8, 4) is 0 Å². The monoisotopic (exact) mass is 318 g/mol. The van der Waals surface area contributed by atoms with Crippen molar-refractivity contribution in [1.29, 1.82) is 0 Å². The molecule has 0 saturated heterocycles. The molecule has 4 aromatic rings. The molecule has 25 heavy (non-hydrogen) atoms. The van der Waals surface area contributed by atoms with Gasteiger partial charge in [-0.15, -0.1) is 0 Å². The normalized spacial score (nSPS) is 10.6. The molecule has 2 radical (unpaired) electrons. The van der Waals surface area contributed by atoms with E-state index in [1.165, 1.54) is 0 Å². The lowest BCUT2D eigenvalue weighted by Gasteiger charge is -2.08. The van der Waals surface area contributed by atoms with Crippen LogP contribution in [0.2, 0.25) is 0 Å². The van der Waals surface area contributed by atoms with Crippen LogP contribution in [0.25, 0.3) is 10.8 Å². The number of benzene rings is 3. The van der Waals surface area contributed by atoms with Crippen LogP contribution in [-0.4, -0.2) is 18.5 Å². The molecule has 0 atom stereocenters. The Morgan fingerprint density at radius 1 is 0.720 bits per heavy atom. The van der Waals surface area contributed by atoms with Gasteiger partial charge in [-0.3, -0.25) is 4.98 Å². The summed E-state index contributed by atoms with van der Waals surface area (Å²) >= 11 is 0. The summed E-state index contributed by atoms with van der Waals surface area (Å²) in [7, 11) is 5.81. The summed E-state index contributed by atoms with van der Waals surface area (Å²) < 4.78 is 0. The molecule has 0 amide bonds. The van der Waals surface area contributed by atoms with Crippen LogP contribution in [-0.2, 0) is 0 Å². The van der Waals surface area contributed by atoms with E-state index in [1.54, 1.807) is 6.20 Å². The molecule has 0 saturated carbocycles. The molecule has 116 valence electrons. The third-order valence-electron chi connectivity index (χ3n) is 4.06. The Hall–Kier alpha value is -3.20. The minimum Gasteiger partial charge on any atom is -0.272 e. The molecular formula is C22H15BN2. The zero-order chi connectivity index (χ0) is 17.1. The van der Waals surface area contributed by atoms with E-state index in [2.05, 4.69) is 29.2 Å². The Morgan fingerprint density at radius 3 is 2.00 bits per heavy atom. The molecule has 1 heterocycles. The van der Waals surface area contributed by atoms with Crippen molar-refractivity contribution in [2.75, 3.05) is 0 Å². The van der Waals surface area contributed by atoms with Crippen LogP contribution in [0.3, 0.4) is 0 Å². The number of nitrogens with zero attached hydrogens (tertiary/aromatic N) is 2. The molecule has 0 fully saturated rings. The standard InChI is InChI=1S/C22H15BN2/c23-21-14-19-13-20(12-11-18(19)15-24-21)25-22(16-7-3-1-4-8-16)17-9-5-2-6-10-17/h1-15H. The lowest BCUT2D eigenvalue weighted by atomic mass is 10.0. The third kappa shape index (κ3) is 3.36. The Kier molecular flexibility index (Phi) is 4.13. The number of rotatable bonds is 3. The predicted octanol–water partition coefficient (Wildman–Crippen LogP) is 4.20. The van der Waals surface area contributed by atoms with Crippen LogP contribution in [0, 0.1) is 0 Å². The van der Waals surface area contributed by atoms with Gasteiger partial charge >= 0.3 is 0 Å². The second-order valence-corrected chi connectivity index (χ2v) is 5.83. The van der Waals surface area contributed by atoms with Gasteiger partial charge in [-0.05, 0) is 29.2 Å². The fourth-order valence-electron chi connectivity index (χ4n) is 2.83. The van der Waals surface area contributed by atoms with E-state index in [1.807, 2.05) is 60.7 Å². The number of pyridine rings is 1. The van der Waals surface area contributed by atoms with Gasteiger partial charge in [0.05, 0.1) is 11.4 Å². The van der Waals surface area contributed by atoms with Gasteiger partial charge in [0.1, 0.15) is 7.85 Å². The number of hydrogen-bond acceptors (Lipinski definition) is 2. The molecule has 0 aliphatic rings. The van der Waals surface area contributed by atoms with Crippen LogP contribution in [0.4, 0.5) is 5.69 Å². The first-order chi connectivity index (χ1) is 12.3. The zero-order valence-electron chi connectivity index (χ0n) is 13.6. The lowest BCUT2D eigenvalue weighted by Crippen LogP contribution is -2.06. The van der Waals surface area contributed by atoms with Crippen LogP contribution in [0.1, 0.15) is 11.1 Å². The van der Waals surface area contributed by atoms with Crippen LogP contribution in [0.15, 0.2) is 96.1 Å². The average Bonchev–Trinajstić information content (AvgIpc) is 2.67. The van der Waals surface area contributed by atoms with Gasteiger partial charge in [-0.2, -0.15) is 0 Å². The largest absolute Gasteiger partial charge is 0.272 e. The van der Waals surface area contributed by atoms with Crippen molar-refractivity contribution < 1.29 is 0 Å². The average molecular weight is 318 g/mol. The van der Waals surface area contributed by atoms with Crippen molar-refractivity contribution in [2.24, 2.45) is 4.99 Å². The van der Waals surface area contributed by atoms with Gasteiger partial charge in [0.15, 0.2) is 0 Å². The van der Waals surface area contributed by atoms with Gasteiger partial charge in [0.2, 0.25) is 0 Å². The first-order valence-corrected chi connectivity index (χ1v) is 8.14. The number of aliphatic imine (C=N–C) groups is 1. The number of aromatic nitrogens is 1. The topological polar surface area (TPSA) is 25.2 Å². The highest BCUT2D eigenvalue weighted by molar-refractivity contribution is 6.31. The summed E-state index contributed by atoms with van der Waals surface area (Å²) in [5.41, 5.74) is 4.52. The van der Waals surface area contributed by atoms with E-state index < -0.39 is 0 Å². The highest BCUT2D eigenvalue weighted by atomic mass is 14.7. The number of fused-ring (bicyclic) bond motifs is 1. The molecule has 0 aliphatic carbocycles. The van der Waals surface area contributed by atoms with E-state index in [4.69, 9.17) is 12.8 Å². The van der Waals surface area contributed by atoms with Crippen LogP contribution < -0.4 is 5.59 Å². The summed E-state index contributed by atoms with van der Waals surface area (Å²) in [6, 6.07) is 28.4. The van der Waals surface area contributed by atoms with Crippen LogP contribution >= 0.6 is 0 Å². The smallest absolute Gasteiger partial charge is 0.141 e. The second-order valence-electron chi connectivity index (χ2n) is 5.83. The quantitative estimate of drug-likeness (QED) is 0.410. The van der Waals surface area contributed by atoms with Crippen molar-refractivity contribution >= 4 is 35.6 Å². The molecule has 0 bridgehead atoms. The highest BCUT2D eigenvalue weighted by Gasteiger charge is 2.07. The van der Waals surface area contributed by atoms with Gasteiger partial charge in [0.25, 0.3) is 0 Å². The fraction of sp³-hybridized carbons (Fsp3) is 0. The molecule has 3 aromatic carbocycles. The summed E-state index contributed by atoms with van der Waals surface area (Å²) in [6.07, 6.45) is 1.79. The molecule has 0 unspecified atom stereocenters. The highest BCUT2D eigenvalue weighted by Crippen LogP contribution is 2.22. The molecule has 0 aliphatic heterocycles. The Balaban J connectivity index is 1.87. The molecule has 0 spiro atoms. The van der Waals surface area contributed by atoms with Gasteiger partial charge in [-0.25, -0.2) is 4.99 Å². The Bertz CT molecular complexity index is 1000.